The molecule has 0 amide bonds. The van der Waals surface area contributed by atoms with E-state index in [1.54, 1.807) is 6.20 Å². The van der Waals surface area contributed by atoms with Crippen molar-refractivity contribution < 1.29 is 0 Å². The number of rotatable bonds is 5. The molecule has 1 N–H and O–H groups in total. The average molecular weight is 334 g/mol. The van der Waals surface area contributed by atoms with Gasteiger partial charge in [-0.05, 0) is 38.3 Å². The van der Waals surface area contributed by atoms with Crippen LogP contribution in [0.1, 0.15) is 42.9 Å². The van der Waals surface area contributed by atoms with Crippen LogP contribution < -0.4 is 5.32 Å². The van der Waals surface area contributed by atoms with Crippen LogP contribution in [0, 0.1) is 0 Å². The van der Waals surface area contributed by atoms with Gasteiger partial charge >= 0.3 is 0 Å². The Bertz CT molecular complexity index is 842. The fourth-order valence-electron chi connectivity index (χ4n) is 3.40. The molecule has 3 aromatic heterocycles. The van der Waals surface area contributed by atoms with E-state index in [1.165, 1.54) is 5.56 Å². The minimum atomic E-state index is 0.286. The van der Waals surface area contributed by atoms with Gasteiger partial charge in [0.25, 0.3) is 0 Å². The van der Waals surface area contributed by atoms with Crippen molar-refractivity contribution in [3.05, 3.63) is 60.2 Å². The van der Waals surface area contributed by atoms with Crippen LogP contribution in [0.5, 0.6) is 0 Å². The molecule has 0 saturated carbocycles. The first-order chi connectivity index (χ1) is 12.3. The molecule has 1 aliphatic carbocycles. The molecule has 6 nitrogen and oxygen atoms in total. The number of aromatic nitrogens is 5. The summed E-state index contributed by atoms with van der Waals surface area (Å²) in [5, 5.41) is 3.64. The van der Waals surface area contributed by atoms with Crippen LogP contribution in [-0.2, 0) is 19.5 Å². The van der Waals surface area contributed by atoms with E-state index in [1.807, 2.05) is 36.9 Å². The van der Waals surface area contributed by atoms with Crippen LogP contribution in [0.15, 0.2) is 43.1 Å². The zero-order valence-corrected chi connectivity index (χ0v) is 14.4. The van der Waals surface area contributed by atoms with Crippen LogP contribution in [0.4, 0.5) is 0 Å². The Kier molecular flexibility index (Phi) is 4.52. The van der Waals surface area contributed by atoms with Gasteiger partial charge < -0.3 is 9.88 Å². The monoisotopic (exact) mass is 334 g/mol. The molecule has 128 valence electrons. The summed E-state index contributed by atoms with van der Waals surface area (Å²) in [4.78, 5) is 18.0. The van der Waals surface area contributed by atoms with Gasteiger partial charge in [0, 0.05) is 60.4 Å². The average Bonchev–Trinajstić information content (AvgIpc) is 3.14. The number of hydrogen-bond acceptors (Lipinski definition) is 5. The number of aryl methyl sites for hydroxylation is 2. The first-order valence-corrected chi connectivity index (χ1v) is 8.84. The number of imidazole rings is 1. The molecular formula is C19H22N6. The van der Waals surface area contributed by atoms with Gasteiger partial charge in [-0.15, -0.1) is 0 Å². The maximum Gasteiger partial charge on any atom is 0.160 e. The zero-order chi connectivity index (χ0) is 17.1. The lowest BCUT2D eigenvalue weighted by Crippen LogP contribution is -2.27. The van der Waals surface area contributed by atoms with E-state index < -0.39 is 0 Å². The molecule has 0 aromatic carbocycles. The minimum Gasteiger partial charge on any atom is -0.334 e. The van der Waals surface area contributed by atoms with Gasteiger partial charge in [0.2, 0.25) is 0 Å². The predicted molar refractivity (Wildman–Crippen MR) is 95.7 cm³/mol. The van der Waals surface area contributed by atoms with E-state index in [9.17, 15) is 0 Å². The van der Waals surface area contributed by atoms with Crippen molar-refractivity contribution in [2.75, 3.05) is 0 Å². The second kappa shape index (κ2) is 7.11. The highest BCUT2D eigenvalue weighted by atomic mass is 15.1. The van der Waals surface area contributed by atoms with Gasteiger partial charge in [0.05, 0.1) is 6.54 Å². The van der Waals surface area contributed by atoms with E-state index in [4.69, 9.17) is 4.98 Å². The van der Waals surface area contributed by atoms with Gasteiger partial charge in [-0.25, -0.2) is 15.0 Å². The highest BCUT2D eigenvalue weighted by Gasteiger charge is 2.22. The van der Waals surface area contributed by atoms with Crippen molar-refractivity contribution in [2.24, 2.45) is 0 Å². The Morgan fingerprint density at radius 3 is 3.04 bits per heavy atom. The Morgan fingerprint density at radius 1 is 1.24 bits per heavy atom. The lowest BCUT2D eigenvalue weighted by molar-refractivity contribution is 0.441. The van der Waals surface area contributed by atoms with Crippen LogP contribution in [0.25, 0.3) is 11.4 Å². The summed E-state index contributed by atoms with van der Waals surface area (Å²) < 4.78 is 2.17. The van der Waals surface area contributed by atoms with E-state index in [-0.39, 0.29) is 6.04 Å². The highest BCUT2D eigenvalue weighted by Crippen LogP contribution is 2.29. The fraction of sp³-hybridized carbons (Fsp3) is 0.368. The van der Waals surface area contributed by atoms with Gasteiger partial charge in [0.1, 0.15) is 5.82 Å². The molecule has 1 atom stereocenters. The summed E-state index contributed by atoms with van der Waals surface area (Å²) in [5.74, 6) is 1.83. The summed E-state index contributed by atoms with van der Waals surface area (Å²) >= 11 is 0. The maximum atomic E-state index is 4.80. The molecule has 0 bridgehead atoms. The van der Waals surface area contributed by atoms with Crippen molar-refractivity contribution >= 4 is 0 Å². The number of nitrogens with zero attached hydrogens (tertiary/aromatic N) is 5. The zero-order valence-electron chi connectivity index (χ0n) is 14.4. The summed E-state index contributed by atoms with van der Waals surface area (Å²) in [6.45, 7) is 3.83. The van der Waals surface area contributed by atoms with E-state index in [0.717, 1.165) is 55.3 Å². The predicted octanol–water partition coefficient (Wildman–Crippen LogP) is 2.92. The molecule has 3 aromatic rings. The summed E-state index contributed by atoms with van der Waals surface area (Å²) in [7, 11) is 0. The van der Waals surface area contributed by atoms with Crippen LogP contribution in [-0.4, -0.2) is 24.5 Å². The second-order valence-electron chi connectivity index (χ2n) is 6.29. The van der Waals surface area contributed by atoms with Crippen molar-refractivity contribution in [3.8, 4) is 11.4 Å². The summed E-state index contributed by atoms with van der Waals surface area (Å²) in [5.41, 5.74) is 3.33. The minimum absolute atomic E-state index is 0.286. The summed E-state index contributed by atoms with van der Waals surface area (Å²) in [6.07, 6.45) is 12.7. The third-order valence-corrected chi connectivity index (χ3v) is 4.75. The number of nitrogens with one attached hydrogen (secondary N) is 1. The first kappa shape index (κ1) is 15.9. The second-order valence-corrected chi connectivity index (χ2v) is 6.29. The summed E-state index contributed by atoms with van der Waals surface area (Å²) in [6, 6.07) is 4.20. The van der Waals surface area contributed by atoms with Crippen molar-refractivity contribution in [2.45, 2.75) is 45.3 Å². The van der Waals surface area contributed by atoms with Gasteiger partial charge in [-0.1, -0.05) is 0 Å². The number of fused-ring (bicyclic) bond motifs is 1. The topological polar surface area (TPSA) is 68.5 Å². The van der Waals surface area contributed by atoms with Gasteiger partial charge in [-0.2, -0.15) is 0 Å². The Morgan fingerprint density at radius 2 is 2.20 bits per heavy atom. The molecule has 25 heavy (non-hydrogen) atoms. The lowest BCUT2D eigenvalue weighted by atomic mass is 9.92. The largest absolute Gasteiger partial charge is 0.334 e. The van der Waals surface area contributed by atoms with Crippen LogP contribution in [0.2, 0.25) is 0 Å². The molecule has 1 aliphatic rings. The molecule has 0 fully saturated rings. The molecule has 0 saturated heterocycles. The van der Waals surface area contributed by atoms with E-state index in [2.05, 4.69) is 31.8 Å². The normalized spacial score (nSPS) is 16.6. The molecule has 0 spiro atoms. The van der Waals surface area contributed by atoms with Crippen molar-refractivity contribution in [1.29, 1.82) is 0 Å². The molecular weight excluding hydrogens is 312 g/mol. The SMILES string of the molecule is CCn1ccnc1CN[C@H]1CCCc2nc(-c3cccnc3)ncc21. The van der Waals surface area contributed by atoms with E-state index >= 15 is 0 Å². The molecule has 3 heterocycles. The molecule has 6 heteroatoms. The number of hydrogen-bond donors (Lipinski definition) is 1. The molecule has 0 radical (unpaired) electrons. The molecule has 0 unspecified atom stereocenters. The Labute approximate surface area is 147 Å². The molecule has 0 aliphatic heterocycles. The third kappa shape index (κ3) is 3.30. The number of pyridine rings is 1. The van der Waals surface area contributed by atoms with Gasteiger partial charge in [-0.3, -0.25) is 4.98 Å². The Balaban J connectivity index is 1.54. The lowest BCUT2D eigenvalue weighted by Gasteiger charge is -2.25. The Hall–Kier alpha value is -2.60. The third-order valence-electron chi connectivity index (χ3n) is 4.75. The quantitative estimate of drug-likeness (QED) is 0.777. The first-order valence-electron chi connectivity index (χ1n) is 8.84. The fourth-order valence-corrected chi connectivity index (χ4v) is 3.40. The highest BCUT2D eigenvalue weighted by molar-refractivity contribution is 5.53. The smallest absolute Gasteiger partial charge is 0.160 e. The standard InChI is InChI=1S/C19H22N6/c1-2-25-10-9-21-18(25)13-22-16-6-3-7-17-15(16)12-23-19(24-17)14-5-4-8-20-11-14/h4-5,8-12,16,22H,2-3,6-7,13H2,1H3/t16-/m0/s1. The van der Waals surface area contributed by atoms with Crippen LogP contribution in [0.3, 0.4) is 0 Å². The van der Waals surface area contributed by atoms with Gasteiger partial charge in [0.15, 0.2) is 5.82 Å². The van der Waals surface area contributed by atoms with Crippen LogP contribution >= 0.6 is 0 Å². The van der Waals surface area contributed by atoms with E-state index in [0.29, 0.717) is 0 Å². The maximum absolute atomic E-state index is 4.80. The van der Waals surface area contributed by atoms with Crippen molar-refractivity contribution in [1.82, 2.24) is 29.8 Å². The molecule has 4 rings (SSSR count). The van der Waals surface area contributed by atoms with Crippen molar-refractivity contribution in [3.63, 3.8) is 0 Å².